The highest BCUT2D eigenvalue weighted by atomic mass is 16.2. The zero-order chi connectivity index (χ0) is 11.3. The number of hydrogen-bond acceptors (Lipinski definition) is 3. The van der Waals surface area contributed by atoms with Crippen molar-refractivity contribution < 1.29 is 9.59 Å². The molecule has 0 aromatic rings. The number of amides is 2. The number of likely N-dealkylation sites (tertiary alicyclic amines) is 1. The molecule has 1 unspecified atom stereocenters. The van der Waals surface area contributed by atoms with Crippen LogP contribution >= 0.6 is 0 Å². The van der Waals surface area contributed by atoms with Gasteiger partial charge < -0.3 is 15.1 Å². The normalized spacial score (nSPS) is 19.8. The lowest BCUT2D eigenvalue weighted by Crippen LogP contribution is -2.41. The van der Waals surface area contributed by atoms with E-state index < -0.39 is 0 Å². The molecule has 15 heavy (non-hydrogen) atoms. The fourth-order valence-corrected chi connectivity index (χ4v) is 1.55. The Bertz CT molecular complexity index is 256. The van der Waals surface area contributed by atoms with Gasteiger partial charge in [0, 0.05) is 26.2 Å². The van der Waals surface area contributed by atoms with Crippen molar-refractivity contribution in [3.63, 3.8) is 0 Å². The average molecular weight is 212 g/mol. The first-order chi connectivity index (χ1) is 7.15. The lowest BCUT2D eigenvalue weighted by Gasteiger charge is -2.16. The van der Waals surface area contributed by atoms with E-state index in [9.17, 15) is 9.59 Å². The Labute approximate surface area is 88.7 Å². The Morgan fingerprint density at radius 2 is 2.47 bits per heavy atom. The number of rotatable bonds is 5. The highest BCUT2D eigenvalue weighted by Crippen LogP contribution is 2.05. The summed E-state index contributed by atoms with van der Waals surface area (Å²) >= 11 is 0. The van der Waals surface area contributed by atoms with Crippen molar-refractivity contribution in [1.29, 1.82) is 5.41 Å². The van der Waals surface area contributed by atoms with Crippen LogP contribution in [0, 0.1) is 5.41 Å². The van der Waals surface area contributed by atoms with Crippen LogP contribution in [0.4, 0.5) is 0 Å². The SMILES string of the molecule is CN(C=N)CC(=O)NC1CCN(C=O)C1. The third-order valence-electron chi connectivity index (χ3n) is 2.35. The maximum Gasteiger partial charge on any atom is 0.239 e. The minimum absolute atomic E-state index is 0.0573. The van der Waals surface area contributed by atoms with E-state index in [2.05, 4.69) is 5.32 Å². The lowest BCUT2D eigenvalue weighted by molar-refractivity contribution is -0.122. The summed E-state index contributed by atoms with van der Waals surface area (Å²) in [5, 5.41) is 9.74. The summed E-state index contributed by atoms with van der Waals surface area (Å²) in [6, 6.07) is 0.0573. The van der Waals surface area contributed by atoms with Crippen molar-refractivity contribution in [2.45, 2.75) is 12.5 Å². The minimum atomic E-state index is -0.112. The van der Waals surface area contributed by atoms with Gasteiger partial charge in [0.25, 0.3) is 0 Å². The Morgan fingerprint density at radius 1 is 1.73 bits per heavy atom. The van der Waals surface area contributed by atoms with Gasteiger partial charge in [-0.3, -0.25) is 15.0 Å². The molecule has 6 heteroatoms. The van der Waals surface area contributed by atoms with Crippen LogP contribution in [-0.2, 0) is 9.59 Å². The fraction of sp³-hybridized carbons (Fsp3) is 0.667. The highest BCUT2D eigenvalue weighted by Gasteiger charge is 2.22. The van der Waals surface area contributed by atoms with Crippen LogP contribution in [0.25, 0.3) is 0 Å². The summed E-state index contributed by atoms with van der Waals surface area (Å²) in [4.78, 5) is 25.0. The summed E-state index contributed by atoms with van der Waals surface area (Å²) in [6.45, 7) is 1.47. The molecule has 0 aliphatic carbocycles. The van der Waals surface area contributed by atoms with Gasteiger partial charge in [0.2, 0.25) is 12.3 Å². The molecule has 2 N–H and O–H groups in total. The molecule has 0 spiro atoms. The van der Waals surface area contributed by atoms with E-state index >= 15 is 0 Å². The van der Waals surface area contributed by atoms with Gasteiger partial charge in [0.05, 0.1) is 12.9 Å². The van der Waals surface area contributed by atoms with E-state index in [1.807, 2.05) is 0 Å². The predicted molar refractivity (Wildman–Crippen MR) is 55.6 cm³/mol. The third kappa shape index (κ3) is 3.57. The first-order valence-corrected chi connectivity index (χ1v) is 4.85. The van der Waals surface area contributed by atoms with Crippen LogP contribution in [0.5, 0.6) is 0 Å². The molecule has 0 radical (unpaired) electrons. The van der Waals surface area contributed by atoms with Crippen molar-refractivity contribution >= 4 is 18.7 Å². The van der Waals surface area contributed by atoms with Crippen LogP contribution in [0.2, 0.25) is 0 Å². The Hall–Kier alpha value is -1.59. The summed E-state index contributed by atoms with van der Waals surface area (Å²) in [7, 11) is 1.67. The molecule has 1 aliphatic rings. The Balaban J connectivity index is 2.27. The number of carbonyl (C=O) groups excluding carboxylic acids is 2. The monoisotopic (exact) mass is 212 g/mol. The summed E-state index contributed by atoms with van der Waals surface area (Å²) < 4.78 is 0. The third-order valence-corrected chi connectivity index (χ3v) is 2.35. The molecular formula is C9H16N4O2. The van der Waals surface area contributed by atoms with Crippen LogP contribution in [0.3, 0.4) is 0 Å². The van der Waals surface area contributed by atoms with E-state index in [1.165, 1.54) is 4.90 Å². The van der Waals surface area contributed by atoms with Gasteiger partial charge in [-0.2, -0.15) is 0 Å². The van der Waals surface area contributed by atoms with Gasteiger partial charge in [0.15, 0.2) is 0 Å². The molecule has 1 saturated heterocycles. The van der Waals surface area contributed by atoms with Crippen LogP contribution in [-0.4, -0.2) is 61.2 Å². The molecule has 0 aromatic heterocycles. The molecule has 0 aromatic carbocycles. The maximum atomic E-state index is 11.4. The minimum Gasteiger partial charge on any atom is -0.357 e. The highest BCUT2D eigenvalue weighted by molar-refractivity contribution is 5.80. The molecule has 6 nitrogen and oxygen atoms in total. The second-order valence-electron chi connectivity index (χ2n) is 3.70. The molecule has 1 atom stereocenters. The van der Waals surface area contributed by atoms with Gasteiger partial charge in [-0.05, 0) is 6.42 Å². The molecule has 0 saturated carbocycles. The van der Waals surface area contributed by atoms with Gasteiger partial charge >= 0.3 is 0 Å². The number of likely N-dealkylation sites (N-methyl/N-ethyl adjacent to an activating group) is 1. The van der Waals surface area contributed by atoms with Crippen molar-refractivity contribution in [3.05, 3.63) is 0 Å². The van der Waals surface area contributed by atoms with Crippen molar-refractivity contribution in [2.24, 2.45) is 0 Å². The van der Waals surface area contributed by atoms with Gasteiger partial charge in [-0.25, -0.2) is 0 Å². The zero-order valence-corrected chi connectivity index (χ0v) is 8.77. The predicted octanol–water partition coefficient (Wildman–Crippen LogP) is -1.13. The van der Waals surface area contributed by atoms with E-state index in [0.29, 0.717) is 13.1 Å². The summed E-state index contributed by atoms with van der Waals surface area (Å²) in [5.74, 6) is -0.112. The van der Waals surface area contributed by atoms with Gasteiger partial charge in [0.1, 0.15) is 0 Å². The number of carbonyl (C=O) groups is 2. The standard InChI is InChI=1S/C9H16N4O2/c1-12(6-10)5-9(15)11-8-2-3-13(4-8)7-14/h6-8,10H,2-5H2,1H3,(H,11,15). The Morgan fingerprint density at radius 3 is 3.00 bits per heavy atom. The number of nitrogens with one attached hydrogen (secondary N) is 2. The van der Waals surface area contributed by atoms with E-state index in [4.69, 9.17) is 5.41 Å². The van der Waals surface area contributed by atoms with E-state index in [-0.39, 0.29) is 18.5 Å². The summed E-state index contributed by atoms with van der Waals surface area (Å²) in [5.41, 5.74) is 0. The molecule has 0 bridgehead atoms. The maximum absolute atomic E-state index is 11.4. The first kappa shape index (κ1) is 11.5. The molecular weight excluding hydrogens is 196 g/mol. The van der Waals surface area contributed by atoms with Crippen LogP contribution in [0.15, 0.2) is 0 Å². The quantitative estimate of drug-likeness (QED) is 0.344. The lowest BCUT2D eigenvalue weighted by atomic mass is 10.2. The van der Waals surface area contributed by atoms with E-state index in [0.717, 1.165) is 19.2 Å². The van der Waals surface area contributed by atoms with Crippen molar-refractivity contribution in [3.8, 4) is 0 Å². The van der Waals surface area contributed by atoms with Crippen molar-refractivity contribution in [1.82, 2.24) is 15.1 Å². The Kier molecular flexibility index (Phi) is 4.08. The molecule has 1 fully saturated rings. The number of hydrogen-bond donors (Lipinski definition) is 2. The van der Waals surface area contributed by atoms with Crippen molar-refractivity contribution in [2.75, 3.05) is 26.7 Å². The topological polar surface area (TPSA) is 76.5 Å². The van der Waals surface area contributed by atoms with Gasteiger partial charge in [-0.15, -0.1) is 0 Å². The average Bonchev–Trinajstić information content (AvgIpc) is 2.65. The number of nitrogens with zero attached hydrogens (tertiary/aromatic N) is 2. The smallest absolute Gasteiger partial charge is 0.239 e. The molecule has 2 amide bonds. The molecule has 1 heterocycles. The molecule has 84 valence electrons. The van der Waals surface area contributed by atoms with Crippen LogP contribution < -0.4 is 5.32 Å². The van der Waals surface area contributed by atoms with E-state index in [1.54, 1.807) is 11.9 Å². The molecule has 1 aliphatic heterocycles. The second kappa shape index (κ2) is 5.33. The summed E-state index contributed by atoms with van der Waals surface area (Å²) in [6.07, 6.45) is 2.71. The van der Waals surface area contributed by atoms with Gasteiger partial charge in [-0.1, -0.05) is 0 Å². The largest absolute Gasteiger partial charge is 0.357 e. The van der Waals surface area contributed by atoms with Crippen LogP contribution in [0.1, 0.15) is 6.42 Å². The molecule has 1 rings (SSSR count). The fourth-order valence-electron chi connectivity index (χ4n) is 1.55. The zero-order valence-electron chi connectivity index (χ0n) is 8.77. The second-order valence-corrected chi connectivity index (χ2v) is 3.70. The first-order valence-electron chi connectivity index (χ1n) is 4.85.